The second kappa shape index (κ2) is 9.78. The molecule has 0 aromatic heterocycles. The monoisotopic (exact) mass is 431 g/mol. The SMILES string of the molecule is COc1cc(C(=S)NCc2ccccc2Cl)cc(Cl)c1OCc1ccccc1. The minimum Gasteiger partial charge on any atom is -0.493 e. The number of hydrogen-bond acceptors (Lipinski definition) is 3. The number of methoxy groups -OCH3 is 1. The third-order valence-electron chi connectivity index (χ3n) is 4.11. The van der Waals surface area contributed by atoms with E-state index in [0.29, 0.717) is 39.7 Å². The summed E-state index contributed by atoms with van der Waals surface area (Å²) in [5.74, 6) is 1.02. The van der Waals surface area contributed by atoms with Gasteiger partial charge in [0, 0.05) is 17.1 Å². The molecule has 0 saturated heterocycles. The molecule has 0 heterocycles. The number of benzene rings is 3. The Hall–Kier alpha value is -2.27. The number of rotatable bonds is 7. The van der Waals surface area contributed by atoms with E-state index >= 15 is 0 Å². The van der Waals surface area contributed by atoms with Crippen molar-refractivity contribution in [2.24, 2.45) is 0 Å². The summed E-state index contributed by atoms with van der Waals surface area (Å²) in [4.78, 5) is 0.551. The van der Waals surface area contributed by atoms with Gasteiger partial charge >= 0.3 is 0 Å². The molecule has 0 saturated carbocycles. The smallest absolute Gasteiger partial charge is 0.180 e. The van der Waals surface area contributed by atoms with Crippen LogP contribution in [-0.4, -0.2) is 12.1 Å². The van der Waals surface area contributed by atoms with Gasteiger partial charge in [-0.05, 0) is 29.3 Å². The first kappa shape index (κ1) is 20.5. The van der Waals surface area contributed by atoms with Crippen LogP contribution in [0.3, 0.4) is 0 Å². The lowest BCUT2D eigenvalue weighted by atomic mass is 10.1. The van der Waals surface area contributed by atoms with Crippen molar-refractivity contribution in [1.29, 1.82) is 0 Å². The van der Waals surface area contributed by atoms with Crippen LogP contribution in [-0.2, 0) is 13.2 Å². The van der Waals surface area contributed by atoms with E-state index in [-0.39, 0.29) is 0 Å². The molecule has 3 rings (SSSR count). The summed E-state index contributed by atoms with van der Waals surface area (Å²) in [5, 5.41) is 4.33. The highest BCUT2D eigenvalue weighted by Gasteiger charge is 2.15. The van der Waals surface area contributed by atoms with Crippen LogP contribution in [0.4, 0.5) is 0 Å². The highest BCUT2D eigenvalue weighted by atomic mass is 35.5. The van der Waals surface area contributed by atoms with E-state index in [1.807, 2.05) is 60.7 Å². The molecule has 3 nitrogen and oxygen atoms in total. The third kappa shape index (κ3) is 5.16. The third-order valence-corrected chi connectivity index (χ3v) is 5.14. The molecular formula is C22H19Cl2NO2S. The first-order valence-electron chi connectivity index (χ1n) is 8.64. The van der Waals surface area contributed by atoms with Gasteiger partial charge in [-0.3, -0.25) is 0 Å². The minimum atomic E-state index is 0.394. The van der Waals surface area contributed by atoms with Crippen molar-refractivity contribution in [2.75, 3.05) is 7.11 Å². The molecular weight excluding hydrogens is 413 g/mol. The van der Waals surface area contributed by atoms with E-state index in [4.69, 9.17) is 44.9 Å². The average Bonchev–Trinajstić information content (AvgIpc) is 2.72. The molecule has 3 aromatic rings. The molecule has 0 aliphatic heterocycles. The maximum absolute atomic E-state index is 6.45. The largest absolute Gasteiger partial charge is 0.493 e. The Balaban J connectivity index is 1.72. The lowest BCUT2D eigenvalue weighted by Gasteiger charge is -2.15. The molecule has 144 valence electrons. The van der Waals surface area contributed by atoms with Crippen LogP contribution >= 0.6 is 35.4 Å². The van der Waals surface area contributed by atoms with Gasteiger partial charge in [0.05, 0.1) is 12.1 Å². The topological polar surface area (TPSA) is 30.5 Å². The van der Waals surface area contributed by atoms with Crippen molar-refractivity contribution in [3.8, 4) is 11.5 Å². The number of halogens is 2. The van der Waals surface area contributed by atoms with Crippen LogP contribution in [0.1, 0.15) is 16.7 Å². The maximum Gasteiger partial charge on any atom is 0.180 e. The average molecular weight is 432 g/mol. The summed E-state index contributed by atoms with van der Waals surface area (Å²) < 4.78 is 11.4. The lowest BCUT2D eigenvalue weighted by Crippen LogP contribution is -2.22. The lowest BCUT2D eigenvalue weighted by molar-refractivity contribution is 0.284. The second-order valence-corrected chi connectivity index (χ2v) is 7.26. The van der Waals surface area contributed by atoms with E-state index < -0.39 is 0 Å². The van der Waals surface area contributed by atoms with Crippen LogP contribution in [0.2, 0.25) is 10.0 Å². The molecule has 6 heteroatoms. The van der Waals surface area contributed by atoms with Crippen LogP contribution in [0.5, 0.6) is 11.5 Å². The number of ether oxygens (including phenoxy) is 2. The summed E-state index contributed by atoms with van der Waals surface area (Å²) >= 11 is 18.1. The van der Waals surface area contributed by atoms with Crippen molar-refractivity contribution >= 4 is 40.4 Å². The fourth-order valence-corrected chi connectivity index (χ4v) is 3.30. The fourth-order valence-electron chi connectivity index (χ4n) is 2.64. The molecule has 28 heavy (non-hydrogen) atoms. The van der Waals surface area contributed by atoms with Gasteiger partial charge in [-0.25, -0.2) is 0 Å². The quantitative estimate of drug-likeness (QED) is 0.461. The molecule has 1 N–H and O–H groups in total. The van der Waals surface area contributed by atoms with Crippen molar-refractivity contribution in [3.63, 3.8) is 0 Å². The Labute approximate surface area is 180 Å². The van der Waals surface area contributed by atoms with Gasteiger partial charge in [-0.1, -0.05) is 84.0 Å². The Morgan fingerprint density at radius 3 is 2.39 bits per heavy atom. The maximum atomic E-state index is 6.45. The van der Waals surface area contributed by atoms with E-state index in [2.05, 4.69) is 5.32 Å². The molecule has 0 fully saturated rings. The zero-order valence-corrected chi connectivity index (χ0v) is 17.6. The van der Waals surface area contributed by atoms with Crippen LogP contribution in [0.15, 0.2) is 66.7 Å². The van der Waals surface area contributed by atoms with Crippen molar-refractivity contribution < 1.29 is 9.47 Å². The first-order valence-corrected chi connectivity index (χ1v) is 9.80. The van der Waals surface area contributed by atoms with Gasteiger partial charge in [0.1, 0.15) is 11.6 Å². The minimum absolute atomic E-state index is 0.394. The molecule has 0 atom stereocenters. The Kier molecular flexibility index (Phi) is 7.15. The highest BCUT2D eigenvalue weighted by molar-refractivity contribution is 7.80. The van der Waals surface area contributed by atoms with Crippen molar-refractivity contribution in [2.45, 2.75) is 13.2 Å². The summed E-state index contributed by atoms with van der Waals surface area (Å²) in [6, 6.07) is 21.1. The van der Waals surface area contributed by atoms with Gasteiger partial charge in [0.2, 0.25) is 0 Å². The van der Waals surface area contributed by atoms with E-state index in [9.17, 15) is 0 Å². The predicted octanol–water partition coefficient (Wildman–Crippen LogP) is 6.05. The zero-order valence-electron chi connectivity index (χ0n) is 15.2. The molecule has 0 aliphatic rings. The van der Waals surface area contributed by atoms with E-state index in [0.717, 1.165) is 16.7 Å². The van der Waals surface area contributed by atoms with E-state index in [1.165, 1.54) is 0 Å². The predicted molar refractivity (Wildman–Crippen MR) is 119 cm³/mol. The Morgan fingerprint density at radius 1 is 0.964 bits per heavy atom. The van der Waals surface area contributed by atoms with Gasteiger partial charge in [-0.15, -0.1) is 0 Å². The summed E-state index contributed by atoms with van der Waals surface area (Å²) in [5.41, 5.74) is 2.75. The molecule has 0 spiro atoms. The van der Waals surface area contributed by atoms with Gasteiger partial charge in [0.15, 0.2) is 11.5 Å². The molecule has 0 bridgehead atoms. The van der Waals surface area contributed by atoms with Crippen LogP contribution in [0, 0.1) is 0 Å². The Bertz CT molecular complexity index is 964. The van der Waals surface area contributed by atoms with Crippen LogP contribution < -0.4 is 14.8 Å². The van der Waals surface area contributed by atoms with Gasteiger partial charge < -0.3 is 14.8 Å². The number of nitrogens with one attached hydrogen (secondary N) is 1. The molecule has 0 aliphatic carbocycles. The number of hydrogen-bond donors (Lipinski definition) is 1. The second-order valence-electron chi connectivity index (χ2n) is 6.04. The molecule has 0 radical (unpaired) electrons. The van der Waals surface area contributed by atoms with Gasteiger partial charge in [0.25, 0.3) is 0 Å². The van der Waals surface area contributed by atoms with Crippen molar-refractivity contribution in [3.05, 3.63) is 93.5 Å². The zero-order chi connectivity index (χ0) is 19.9. The van der Waals surface area contributed by atoms with E-state index in [1.54, 1.807) is 13.2 Å². The standard InChI is InChI=1S/C22H19Cl2NO2S/c1-26-20-12-17(22(28)25-13-16-9-5-6-10-18(16)23)11-19(24)21(20)27-14-15-7-3-2-4-8-15/h2-12H,13-14H2,1H3,(H,25,28). The molecule has 3 aromatic carbocycles. The summed E-state index contributed by atoms with van der Waals surface area (Å²) in [6.45, 7) is 0.913. The molecule has 0 amide bonds. The molecule has 0 unspecified atom stereocenters. The Morgan fingerprint density at radius 2 is 1.68 bits per heavy atom. The van der Waals surface area contributed by atoms with Crippen molar-refractivity contribution in [1.82, 2.24) is 5.32 Å². The fraction of sp³-hybridized carbons (Fsp3) is 0.136. The summed E-state index contributed by atoms with van der Waals surface area (Å²) in [6.07, 6.45) is 0. The number of thiocarbonyl (C=S) groups is 1. The van der Waals surface area contributed by atoms with Gasteiger partial charge in [-0.2, -0.15) is 0 Å². The normalized spacial score (nSPS) is 10.4. The highest BCUT2D eigenvalue weighted by Crippen LogP contribution is 2.37. The first-order chi connectivity index (χ1) is 13.6. The van der Waals surface area contributed by atoms with Crippen LogP contribution in [0.25, 0.3) is 0 Å². The summed E-state index contributed by atoms with van der Waals surface area (Å²) in [7, 11) is 1.57.